The molecule has 0 saturated heterocycles. The van der Waals surface area contributed by atoms with Gasteiger partial charge in [0.15, 0.2) is 13.2 Å². The SMILES string of the molecule is CCCCOC(=O)COc1c2ccccc2c(OCC(=O)OCCCC)c2c(C)cc(C)cc12. The van der Waals surface area contributed by atoms with Crippen LogP contribution in [0.4, 0.5) is 0 Å². The maximum Gasteiger partial charge on any atom is 0.344 e. The van der Waals surface area contributed by atoms with Crippen LogP contribution in [0.5, 0.6) is 11.5 Å². The minimum absolute atomic E-state index is 0.180. The Morgan fingerprint density at radius 1 is 0.735 bits per heavy atom. The average Bonchev–Trinajstić information content (AvgIpc) is 2.81. The molecule has 0 amide bonds. The molecule has 0 spiro atoms. The summed E-state index contributed by atoms with van der Waals surface area (Å²) < 4.78 is 22.7. The van der Waals surface area contributed by atoms with E-state index in [4.69, 9.17) is 18.9 Å². The molecule has 0 aliphatic carbocycles. The summed E-state index contributed by atoms with van der Waals surface area (Å²) in [6, 6.07) is 11.7. The number of hydrogen-bond acceptors (Lipinski definition) is 6. The zero-order valence-electron chi connectivity index (χ0n) is 20.6. The average molecular weight is 467 g/mol. The van der Waals surface area contributed by atoms with Gasteiger partial charge >= 0.3 is 11.9 Å². The predicted molar refractivity (Wildman–Crippen MR) is 134 cm³/mol. The Morgan fingerprint density at radius 3 is 1.82 bits per heavy atom. The molecule has 182 valence electrons. The molecule has 3 rings (SSSR count). The lowest BCUT2D eigenvalue weighted by Gasteiger charge is -2.19. The Hall–Kier alpha value is -3.28. The largest absolute Gasteiger partial charge is 0.481 e. The van der Waals surface area contributed by atoms with Gasteiger partial charge in [-0.3, -0.25) is 0 Å². The van der Waals surface area contributed by atoms with Crippen LogP contribution in [0.2, 0.25) is 0 Å². The maximum atomic E-state index is 12.2. The number of ether oxygens (including phenoxy) is 4. The molecule has 0 bridgehead atoms. The van der Waals surface area contributed by atoms with E-state index in [1.54, 1.807) is 0 Å². The fraction of sp³-hybridized carbons (Fsp3) is 0.429. The molecular formula is C28H34O6. The van der Waals surface area contributed by atoms with E-state index in [-0.39, 0.29) is 13.2 Å². The molecule has 34 heavy (non-hydrogen) atoms. The highest BCUT2D eigenvalue weighted by Gasteiger charge is 2.20. The lowest BCUT2D eigenvalue weighted by Crippen LogP contribution is -2.17. The molecule has 0 saturated carbocycles. The molecule has 0 aliphatic heterocycles. The molecule has 0 N–H and O–H groups in total. The first-order valence-corrected chi connectivity index (χ1v) is 12.0. The van der Waals surface area contributed by atoms with E-state index >= 15 is 0 Å². The number of fused-ring (bicyclic) bond motifs is 2. The van der Waals surface area contributed by atoms with Gasteiger partial charge in [-0.1, -0.05) is 62.6 Å². The maximum absolute atomic E-state index is 12.2. The molecule has 0 heterocycles. The monoisotopic (exact) mass is 466 g/mol. The van der Waals surface area contributed by atoms with Gasteiger partial charge in [0.25, 0.3) is 0 Å². The van der Waals surface area contributed by atoms with Crippen LogP contribution in [0.15, 0.2) is 36.4 Å². The number of carbonyl (C=O) groups is 2. The van der Waals surface area contributed by atoms with Crippen LogP contribution < -0.4 is 9.47 Å². The van der Waals surface area contributed by atoms with E-state index in [1.807, 2.05) is 58.0 Å². The van der Waals surface area contributed by atoms with Crippen LogP contribution in [0.3, 0.4) is 0 Å². The van der Waals surface area contributed by atoms with Crippen molar-refractivity contribution in [3.05, 3.63) is 47.5 Å². The lowest BCUT2D eigenvalue weighted by molar-refractivity contribution is -0.146. The number of carbonyl (C=O) groups excluding carboxylic acids is 2. The fourth-order valence-electron chi connectivity index (χ4n) is 3.92. The summed E-state index contributed by atoms with van der Waals surface area (Å²) in [6.07, 6.45) is 3.55. The Bertz CT molecular complexity index is 1150. The molecule has 6 nitrogen and oxygen atoms in total. The Balaban J connectivity index is 2.00. The molecule has 3 aromatic carbocycles. The minimum Gasteiger partial charge on any atom is -0.481 e. The summed E-state index contributed by atoms with van der Waals surface area (Å²) in [7, 11) is 0. The van der Waals surface area contributed by atoms with Crippen LogP contribution in [0.25, 0.3) is 21.5 Å². The predicted octanol–water partition coefficient (Wildman–Crippen LogP) is 6.05. The van der Waals surface area contributed by atoms with Crippen molar-refractivity contribution in [3.63, 3.8) is 0 Å². The summed E-state index contributed by atoms with van der Waals surface area (Å²) in [6.45, 7) is 8.51. The zero-order chi connectivity index (χ0) is 24.5. The van der Waals surface area contributed by atoms with Crippen LogP contribution in [-0.2, 0) is 19.1 Å². The Labute approximate surface area is 201 Å². The molecule has 0 radical (unpaired) electrons. The fourth-order valence-corrected chi connectivity index (χ4v) is 3.92. The van der Waals surface area contributed by atoms with E-state index in [0.717, 1.165) is 58.4 Å². The molecule has 0 aromatic heterocycles. The number of aryl methyl sites for hydroxylation is 2. The van der Waals surface area contributed by atoms with Crippen molar-refractivity contribution in [1.82, 2.24) is 0 Å². The van der Waals surface area contributed by atoms with Gasteiger partial charge in [-0.05, 0) is 38.3 Å². The highest BCUT2D eigenvalue weighted by molar-refractivity contribution is 6.12. The Morgan fingerprint density at radius 2 is 1.26 bits per heavy atom. The highest BCUT2D eigenvalue weighted by Crippen LogP contribution is 2.44. The van der Waals surface area contributed by atoms with Gasteiger partial charge in [0.2, 0.25) is 0 Å². The normalized spacial score (nSPS) is 10.9. The number of benzene rings is 3. The van der Waals surface area contributed by atoms with E-state index in [0.29, 0.717) is 24.7 Å². The second-order valence-electron chi connectivity index (χ2n) is 8.43. The number of unbranched alkanes of at least 4 members (excludes halogenated alkanes) is 2. The van der Waals surface area contributed by atoms with Crippen molar-refractivity contribution in [2.24, 2.45) is 0 Å². The zero-order valence-corrected chi connectivity index (χ0v) is 20.6. The highest BCUT2D eigenvalue weighted by atomic mass is 16.6. The van der Waals surface area contributed by atoms with Gasteiger partial charge in [-0.15, -0.1) is 0 Å². The number of hydrogen-bond donors (Lipinski definition) is 0. The van der Waals surface area contributed by atoms with Gasteiger partial charge in [0, 0.05) is 21.5 Å². The molecule has 0 unspecified atom stereocenters. The van der Waals surface area contributed by atoms with Crippen LogP contribution in [0.1, 0.15) is 50.7 Å². The first kappa shape index (κ1) is 25.3. The summed E-state index contributed by atoms with van der Waals surface area (Å²) >= 11 is 0. The van der Waals surface area contributed by atoms with E-state index in [1.165, 1.54) is 0 Å². The smallest absolute Gasteiger partial charge is 0.344 e. The second-order valence-corrected chi connectivity index (χ2v) is 8.43. The van der Waals surface area contributed by atoms with Crippen molar-refractivity contribution < 1.29 is 28.5 Å². The van der Waals surface area contributed by atoms with Crippen LogP contribution in [-0.4, -0.2) is 38.4 Å². The van der Waals surface area contributed by atoms with Crippen molar-refractivity contribution in [3.8, 4) is 11.5 Å². The second kappa shape index (κ2) is 12.3. The summed E-state index contributed by atoms with van der Waals surface area (Å²) in [5.74, 6) is 0.409. The number of esters is 2. The molecule has 6 heteroatoms. The molecular weight excluding hydrogens is 432 g/mol. The summed E-state index contributed by atoms with van der Waals surface area (Å²) in [4.78, 5) is 24.5. The van der Waals surface area contributed by atoms with Crippen molar-refractivity contribution >= 4 is 33.5 Å². The van der Waals surface area contributed by atoms with Crippen molar-refractivity contribution in [1.29, 1.82) is 0 Å². The van der Waals surface area contributed by atoms with Crippen LogP contribution >= 0.6 is 0 Å². The summed E-state index contributed by atoms with van der Waals surface area (Å²) in [5.41, 5.74) is 2.05. The quantitative estimate of drug-likeness (QED) is 0.184. The van der Waals surface area contributed by atoms with Gasteiger partial charge in [0.1, 0.15) is 11.5 Å². The summed E-state index contributed by atoms with van der Waals surface area (Å²) in [5, 5.41) is 3.28. The lowest BCUT2D eigenvalue weighted by atomic mass is 9.95. The topological polar surface area (TPSA) is 71.1 Å². The van der Waals surface area contributed by atoms with Gasteiger partial charge in [-0.2, -0.15) is 0 Å². The van der Waals surface area contributed by atoms with E-state index < -0.39 is 11.9 Å². The third-order valence-electron chi connectivity index (χ3n) is 5.56. The number of rotatable bonds is 12. The van der Waals surface area contributed by atoms with Gasteiger partial charge in [0.05, 0.1) is 13.2 Å². The molecule has 0 fully saturated rings. The first-order valence-electron chi connectivity index (χ1n) is 12.0. The standard InChI is InChI=1S/C28H34O6/c1-5-7-13-31-24(29)17-33-27-21-11-9-10-12-22(21)28(34-18-25(30)32-14-8-6-2)26-20(4)15-19(3)16-23(26)27/h9-12,15-16H,5-8,13-14,17-18H2,1-4H3. The van der Waals surface area contributed by atoms with E-state index in [2.05, 4.69) is 6.07 Å². The molecule has 0 aliphatic rings. The third kappa shape index (κ3) is 6.19. The minimum atomic E-state index is -0.398. The van der Waals surface area contributed by atoms with Crippen molar-refractivity contribution in [2.45, 2.75) is 53.4 Å². The van der Waals surface area contributed by atoms with Gasteiger partial charge < -0.3 is 18.9 Å². The third-order valence-corrected chi connectivity index (χ3v) is 5.56. The first-order chi connectivity index (χ1) is 16.5. The molecule has 0 atom stereocenters. The Kier molecular flexibility index (Phi) is 9.14. The van der Waals surface area contributed by atoms with Gasteiger partial charge in [-0.25, -0.2) is 9.59 Å². The van der Waals surface area contributed by atoms with Crippen molar-refractivity contribution in [2.75, 3.05) is 26.4 Å². The van der Waals surface area contributed by atoms with Crippen LogP contribution in [0, 0.1) is 13.8 Å². The molecule has 3 aromatic rings. The van der Waals surface area contributed by atoms with E-state index in [9.17, 15) is 9.59 Å².